The van der Waals surface area contributed by atoms with Crippen molar-refractivity contribution in [2.75, 3.05) is 6.54 Å². The van der Waals surface area contributed by atoms with Crippen LogP contribution >= 0.6 is 0 Å². The van der Waals surface area contributed by atoms with E-state index in [1.807, 2.05) is 17.0 Å². The summed E-state index contributed by atoms with van der Waals surface area (Å²) in [5.41, 5.74) is 1.77. The fourth-order valence-electron chi connectivity index (χ4n) is 5.51. The summed E-state index contributed by atoms with van der Waals surface area (Å²) in [6.07, 6.45) is 4.83. The van der Waals surface area contributed by atoms with Crippen LogP contribution in [0.4, 0.5) is 4.39 Å². The van der Waals surface area contributed by atoms with E-state index in [0.29, 0.717) is 19.3 Å². The molecular formula is C28H29FN2O2. The maximum Gasteiger partial charge on any atom is 0.223 e. The van der Waals surface area contributed by atoms with Crippen LogP contribution in [0.25, 0.3) is 10.8 Å². The third-order valence-corrected chi connectivity index (χ3v) is 7.24. The van der Waals surface area contributed by atoms with Crippen LogP contribution in [-0.2, 0) is 16.0 Å². The molecule has 2 atom stereocenters. The standard InChI is InChI=1S/C28H29FN2O2/c29-24-11-9-22(10-12-24)25-6-3-17-31(25)27(33)14-16-28(15-13-26(32)30-28)19-20-7-8-21-4-1-2-5-23(21)18-20/h1-2,4-5,7-12,18,25H,3,6,13-17,19H2,(H,30,32)/t25-,28+/m0/s1. The zero-order valence-corrected chi connectivity index (χ0v) is 18.7. The van der Waals surface area contributed by atoms with Crippen LogP contribution in [-0.4, -0.2) is 28.8 Å². The first-order chi connectivity index (χ1) is 16.0. The number of carbonyl (C=O) groups excluding carboxylic acids is 2. The van der Waals surface area contributed by atoms with E-state index in [9.17, 15) is 14.0 Å². The molecule has 0 saturated carbocycles. The van der Waals surface area contributed by atoms with Crippen LogP contribution in [0.15, 0.2) is 66.7 Å². The number of likely N-dealkylation sites (tertiary alicyclic amines) is 1. The molecule has 1 N–H and O–H groups in total. The average Bonchev–Trinajstić information content (AvgIpc) is 3.45. The molecule has 33 heavy (non-hydrogen) atoms. The van der Waals surface area contributed by atoms with Crippen molar-refractivity contribution in [3.05, 3.63) is 83.7 Å². The van der Waals surface area contributed by atoms with Gasteiger partial charge in [0.1, 0.15) is 5.82 Å². The second-order valence-corrected chi connectivity index (χ2v) is 9.48. The Balaban J connectivity index is 1.30. The van der Waals surface area contributed by atoms with Gasteiger partial charge >= 0.3 is 0 Å². The highest BCUT2D eigenvalue weighted by atomic mass is 19.1. The molecule has 2 aliphatic rings. The molecule has 0 radical (unpaired) electrons. The molecule has 0 unspecified atom stereocenters. The number of amides is 2. The average molecular weight is 445 g/mol. The molecule has 0 aliphatic carbocycles. The number of hydrogen-bond donors (Lipinski definition) is 1. The molecule has 2 aliphatic heterocycles. The summed E-state index contributed by atoms with van der Waals surface area (Å²) >= 11 is 0. The van der Waals surface area contributed by atoms with E-state index in [4.69, 9.17) is 0 Å². The normalized spacial score (nSPS) is 22.6. The van der Waals surface area contributed by atoms with Crippen molar-refractivity contribution in [3.8, 4) is 0 Å². The summed E-state index contributed by atoms with van der Waals surface area (Å²) < 4.78 is 13.3. The highest BCUT2D eigenvalue weighted by molar-refractivity contribution is 5.83. The van der Waals surface area contributed by atoms with Crippen LogP contribution in [0.2, 0.25) is 0 Å². The van der Waals surface area contributed by atoms with E-state index in [0.717, 1.165) is 37.8 Å². The van der Waals surface area contributed by atoms with Crippen LogP contribution in [0.1, 0.15) is 55.7 Å². The fourth-order valence-corrected chi connectivity index (χ4v) is 5.51. The first kappa shape index (κ1) is 21.6. The number of rotatable bonds is 6. The minimum absolute atomic E-state index is 0.00714. The second-order valence-electron chi connectivity index (χ2n) is 9.48. The van der Waals surface area contributed by atoms with Gasteiger partial charge in [0.25, 0.3) is 0 Å². The molecule has 5 rings (SSSR count). The summed E-state index contributed by atoms with van der Waals surface area (Å²) in [4.78, 5) is 27.4. The van der Waals surface area contributed by atoms with Gasteiger partial charge in [-0.3, -0.25) is 9.59 Å². The minimum Gasteiger partial charge on any atom is -0.350 e. The monoisotopic (exact) mass is 444 g/mol. The predicted molar refractivity (Wildman–Crippen MR) is 127 cm³/mol. The van der Waals surface area contributed by atoms with Gasteiger partial charge in [-0.2, -0.15) is 0 Å². The Bertz CT molecular complexity index is 1180. The van der Waals surface area contributed by atoms with Gasteiger partial charge < -0.3 is 10.2 Å². The molecule has 0 bridgehead atoms. The van der Waals surface area contributed by atoms with Gasteiger partial charge in [0, 0.05) is 24.9 Å². The molecule has 2 saturated heterocycles. The quantitative estimate of drug-likeness (QED) is 0.560. The third kappa shape index (κ3) is 4.63. The molecule has 4 nitrogen and oxygen atoms in total. The van der Waals surface area contributed by atoms with Crippen LogP contribution in [0, 0.1) is 5.82 Å². The van der Waals surface area contributed by atoms with Crippen LogP contribution in [0.3, 0.4) is 0 Å². The fraction of sp³-hybridized carbons (Fsp3) is 0.357. The maximum atomic E-state index is 13.3. The largest absolute Gasteiger partial charge is 0.350 e. The van der Waals surface area contributed by atoms with Crippen LogP contribution < -0.4 is 5.32 Å². The lowest BCUT2D eigenvalue weighted by molar-refractivity contribution is -0.132. The topological polar surface area (TPSA) is 49.4 Å². The van der Waals surface area contributed by atoms with Crippen molar-refractivity contribution >= 4 is 22.6 Å². The SMILES string of the molecule is O=C1CC[C@@](CCC(=O)N2CCC[C@H]2c2ccc(F)cc2)(Cc2ccc3ccccc3c2)N1. The number of halogens is 1. The Morgan fingerprint density at radius 2 is 1.85 bits per heavy atom. The third-order valence-electron chi connectivity index (χ3n) is 7.24. The first-order valence-electron chi connectivity index (χ1n) is 11.9. The lowest BCUT2D eigenvalue weighted by Gasteiger charge is -2.31. The van der Waals surface area contributed by atoms with Crippen molar-refractivity contribution < 1.29 is 14.0 Å². The number of nitrogens with zero attached hydrogens (tertiary/aromatic N) is 1. The molecule has 0 spiro atoms. The van der Waals surface area contributed by atoms with Crippen LogP contribution in [0.5, 0.6) is 0 Å². The van der Waals surface area contributed by atoms with Gasteiger partial charge in [0.05, 0.1) is 6.04 Å². The number of fused-ring (bicyclic) bond motifs is 1. The van der Waals surface area contributed by atoms with Crippen molar-refractivity contribution in [3.63, 3.8) is 0 Å². The molecule has 5 heteroatoms. The van der Waals surface area contributed by atoms with Gasteiger partial charge in [-0.25, -0.2) is 4.39 Å². The Labute approximate surface area is 193 Å². The van der Waals surface area contributed by atoms with Crippen molar-refractivity contribution in [2.24, 2.45) is 0 Å². The molecule has 3 aromatic rings. The molecule has 2 fully saturated rings. The molecule has 170 valence electrons. The zero-order chi connectivity index (χ0) is 22.8. The lowest BCUT2D eigenvalue weighted by Crippen LogP contribution is -2.44. The summed E-state index contributed by atoms with van der Waals surface area (Å²) in [7, 11) is 0. The van der Waals surface area contributed by atoms with Crippen molar-refractivity contribution in [2.45, 2.75) is 56.5 Å². The van der Waals surface area contributed by atoms with E-state index >= 15 is 0 Å². The molecule has 3 aromatic carbocycles. The highest BCUT2D eigenvalue weighted by Crippen LogP contribution is 2.35. The first-order valence-corrected chi connectivity index (χ1v) is 11.9. The smallest absolute Gasteiger partial charge is 0.223 e. The van der Waals surface area contributed by atoms with E-state index in [-0.39, 0.29) is 29.2 Å². The Kier molecular flexibility index (Phi) is 5.88. The highest BCUT2D eigenvalue weighted by Gasteiger charge is 2.39. The van der Waals surface area contributed by atoms with E-state index in [1.54, 1.807) is 12.1 Å². The van der Waals surface area contributed by atoms with Gasteiger partial charge in [-0.1, -0.05) is 54.6 Å². The summed E-state index contributed by atoms with van der Waals surface area (Å²) in [5, 5.41) is 5.59. The zero-order valence-electron chi connectivity index (χ0n) is 18.7. The number of carbonyl (C=O) groups is 2. The van der Waals surface area contributed by atoms with E-state index < -0.39 is 0 Å². The summed E-state index contributed by atoms with van der Waals surface area (Å²) in [5.74, 6) is -0.0864. The number of hydrogen-bond acceptors (Lipinski definition) is 2. The Morgan fingerprint density at radius 1 is 1.06 bits per heavy atom. The van der Waals surface area contributed by atoms with Gasteiger partial charge in [-0.15, -0.1) is 0 Å². The molecule has 0 aromatic heterocycles. The minimum atomic E-state index is -0.389. The van der Waals surface area contributed by atoms with Gasteiger partial charge in [0.2, 0.25) is 11.8 Å². The van der Waals surface area contributed by atoms with Crippen molar-refractivity contribution in [1.29, 1.82) is 0 Å². The lowest BCUT2D eigenvalue weighted by atomic mass is 9.84. The van der Waals surface area contributed by atoms with Crippen molar-refractivity contribution in [1.82, 2.24) is 10.2 Å². The number of nitrogens with one attached hydrogen (secondary N) is 1. The second kappa shape index (κ2) is 8.97. The Morgan fingerprint density at radius 3 is 2.61 bits per heavy atom. The number of benzene rings is 3. The summed E-state index contributed by atoms with van der Waals surface area (Å²) in [6.45, 7) is 0.727. The van der Waals surface area contributed by atoms with Gasteiger partial charge in [-0.05, 0) is 66.1 Å². The van der Waals surface area contributed by atoms with Gasteiger partial charge in [0.15, 0.2) is 0 Å². The molecule has 2 amide bonds. The maximum absolute atomic E-state index is 13.3. The van der Waals surface area contributed by atoms with E-state index in [2.05, 4.69) is 35.6 Å². The predicted octanol–water partition coefficient (Wildman–Crippen LogP) is 5.31. The molecular weight excluding hydrogens is 415 g/mol. The Hall–Kier alpha value is -3.21. The summed E-state index contributed by atoms with van der Waals surface area (Å²) in [6, 6.07) is 21.2. The molecule has 2 heterocycles. The van der Waals surface area contributed by atoms with E-state index in [1.165, 1.54) is 28.5 Å².